The highest BCUT2D eigenvalue weighted by Gasteiger charge is 2.21. The van der Waals surface area contributed by atoms with E-state index < -0.39 is 0 Å². The first kappa shape index (κ1) is 8.31. The molecule has 1 aliphatic heterocycles. The van der Waals surface area contributed by atoms with Crippen LogP contribution in [0.4, 0.5) is 0 Å². The summed E-state index contributed by atoms with van der Waals surface area (Å²) < 4.78 is 1.83. The quantitative estimate of drug-likeness (QED) is 0.746. The van der Waals surface area contributed by atoms with Gasteiger partial charge in [0.1, 0.15) is 5.01 Å². The van der Waals surface area contributed by atoms with Crippen LogP contribution in [0.2, 0.25) is 0 Å². The van der Waals surface area contributed by atoms with Gasteiger partial charge in [-0.25, -0.2) is 0 Å². The summed E-state index contributed by atoms with van der Waals surface area (Å²) in [5, 5.41) is 17.1. The number of hydrogen-bond donors (Lipinski definition) is 1. The zero-order valence-corrected chi connectivity index (χ0v) is 8.71. The summed E-state index contributed by atoms with van der Waals surface area (Å²) in [5.41, 5.74) is 0. The Balaban J connectivity index is 2.05. The fourth-order valence-corrected chi connectivity index (χ4v) is 2.78. The van der Waals surface area contributed by atoms with Crippen molar-refractivity contribution in [3.63, 3.8) is 0 Å². The molecule has 1 aliphatic rings. The minimum atomic E-state index is 0.570. The fourth-order valence-electron chi connectivity index (χ4n) is 1.76. The average molecular weight is 209 g/mol. The van der Waals surface area contributed by atoms with Crippen molar-refractivity contribution >= 4 is 16.3 Å². The fraction of sp³-hybridized carbons (Fsp3) is 0.625. The molecule has 0 radical (unpaired) electrons. The van der Waals surface area contributed by atoms with Crippen LogP contribution in [-0.4, -0.2) is 32.9 Å². The summed E-state index contributed by atoms with van der Waals surface area (Å²) in [5.74, 6) is 1.44. The van der Waals surface area contributed by atoms with E-state index >= 15 is 0 Å². The largest absolute Gasteiger partial charge is 0.316 e. The van der Waals surface area contributed by atoms with Crippen molar-refractivity contribution in [2.24, 2.45) is 0 Å². The van der Waals surface area contributed by atoms with Crippen LogP contribution >= 0.6 is 11.3 Å². The van der Waals surface area contributed by atoms with Gasteiger partial charge in [-0.05, 0) is 19.9 Å². The topological polar surface area (TPSA) is 55.1 Å². The van der Waals surface area contributed by atoms with Gasteiger partial charge < -0.3 is 5.32 Å². The van der Waals surface area contributed by atoms with Crippen molar-refractivity contribution in [3.8, 4) is 0 Å². The van der Waals surface area contributed by atoms with Gasteiger partial charge in [-0.2, -0.15) is 9.61 Å². The first-order valence-electron chi connectivity index (χ1n) is 4.74. The predicted molar refractivity (Wildman–Crippen MR) is 53.6 cm³/mol. The Bertz CT molecular complexity index is 453. The van der Waals surface area contributed by atoms with E-state index in [1.807, 2.05) is 11.4 Å². The van der Waals surface area contributed by atoms with Crippen molar-refractivity contribution in [1.29, 1.82) is 0 Å². The van der Waals surface area contributed by atoms with Crippen molar-refractivity contribution < 1.29 is 0 Å². The van der Waals surface area contributed by atoms with Gasteiger partial charge in [0, 0.05) is 12.5 Å². The van der Waals surface area contributed by atoms with E-state index in [-0.39, 0.29) is 0 Å². The van der Waals surface area contributed by atoms with Gasteiger partial charge in [0.05, 0.1) is 0 Å². The van der Waals surface area contributed by atoms with Gasteiger partial charge in [-0.3, -0.25) is 0 Å². The smallest absolute Gasteiger partial charge is 0.234 e. The molecule has 3 rings (SSSR count). The first-order valence-corrected chi connectivity index (χ1v) is 5.56. The molecule has 1 fully saturated rings. The molecular weight excluding hydrogens is 198 g/mol. The highest BCUT2D eigenvalue weighted by Crippen LogP contribution is 2.26. The summed E-state index contributed by atoms with van der Waals surface area (Å²) in [6.07, 6.45) is 1.18. The molecule has 1 unspecified atom stereocenters. The summed E-state index contributed by atoms with van der Waals surface area (Å²) in [4.78, 5) is 0.907. The summed E-state index contributed by atoms with van der Waals surface area (Å²) in [6.45, 7) is 4.07. The molecule has 5 nitrogen and oxygen atoms in total. The Labute approximate surface area is 85.2 Å². The number of aryl methyl sites for hydroxylation is 1. The van der Waals surface area contributed by atoms with Crippen molar-refractivity contribution in [1.82, 2.24) is 25.1 Å². The van der Waals surface area contributed by atoms with E-state index in [4.69, 9.17) is 0 Å². The van der Waals surface area contributed by atoms with Gasteiger partial charge in [0.25, 0.3) is 0 Å². The summed E-state index contributed by atoms with van der Waals surface area (Å²) in [6, 6.07) is 0. The van der Waals surface area contributed by atoms with Crippen molar-refractivity contribution in [2.75, 3.05) is 13.1 Å². The second-order valence-electron chi connectivity index (χ2n) is 3.57. The lowest BCUT2D eigenvalue weighted by atomic mass is 10.1. The molecule has 2 aromatic heterocycles. The zero-order chi connectivity index (χ0) is 9.54. The van der Waals surface area contributed by atoms with Gasteiger partial charge in [0.2, 0.25) is 4.96 Å². The summed E-state index contributed by atoms with van der Waals surface area (Å²) >= 11 is 1.65. The molecule has 1 N–H and O–H groups in total. The van der Waals surface area contributed by atoms with Crippen LogP contribution in [0.3, 0.4) is 0 Å². The van der Waals surface area contributed by atoms with Crippen molar-refractivity contribution in [2.45, 2.75) is 19.3 Å². The number of nitrogens with one attached hydrogen (secondary N) is 1. The minimum Gasteiger partial charge on any atom is -0.316 e. The number of aromatic nitrogens is 4. The third-order valence-electron chi connectivity index (χ3n) is 2.57. The maximum atomic E-state index is 4.52. The molecule has 0 aliphatic carbocycles. The molecule has 14 heavy (non-hydrogen) atoms. The number of fused-ring (bicyclic) bond motifs is 1. The molecule has 6 heteroatoms. The Kier molecular flexibility index (Phi) is 1.78. The number of rotatable bonds is 1. The maximum Gasteiger partial charge on any atom is 0.234 e. The second kappa shape index (κ2) is 2.99. The average Bonchev–Trinajstić information content (AvgIpc) is 2.83. The van der Waals surface area contributed by atoms with Gasteiger partial charge in [-0.1, -0.05) is 11.3 Å². The van der Waals surface area contributed by atoms with Crippen LogP contribution in [-0.2, 0) is 0 Å². The van der Waals surface area contributed by atoms with Crippen LogP contribution in [0.25, 0.3) is 4.96 Å². The SMILES string of the molecule is Cc1nnc2sc(C3CCNC3)nn12. The molecule has 0 amide bonds. The Morgan fingerprint density at radius 3 is 3.14 bits per heavy atom. The standard InChI is InChI=1S/C8H11N5S/c1-5-10-11-8-13(5)12-7(14-8)6-2-3-9-4-6/h6,9H,2-4H2,1H3. The Morgan fingerprint density at radius 1 is 1.50 bits per heavy atom. The van der Waals surface area contributed by atoms with Gasteiger partial charge >= 0.3 is 0 Å². The number of nitrogens with zero attached hydrogens (tertiary/aromatic N) is 4. The van der Waals surface area contributed by atoms with Crippen LogP contribution < -0.4 is 5.32 Å². The van der Waals surface area contributed by atoms with Crippen LogP contribution in [0.1, 0.15) is 23.2 Å². The molecule has 0 spiro atoms. The molecule has 1 atom stereocenters. The van der Waals surface area contributed by atoms with Crippen LogP contribution in [0.5, 0.6) is 0 Å². The molecule has 0 bridgehead atoms. The Morgan fingerprint density at radius 2 is 2.43 bits per heavy atom. The maximum absolute atomic E-state index is 4.52. The van der Waals surface area contributed by atoms with E-state index in [0.29, 0.717) is 5.92 Å². The second-order valence-corrected chi connectivity index (χ2v) is 4.56. The highest BCUT2D eigenvalue weighted by atomic mass is 32.1. The van der Waals surface area contributed by atoms with Gasteiger partial charge in [0.15, 0.2) is 5.82 Å². The van der Waals surface area contributed by atoms with E-state index in [9.17, 15) is 0 Å². The zero-order valence-electron chi connectivity index (χ0n) is 7.90. The molecular formula is C8H11N5S. The van der Waals surface area contributed by atoms with Crippen LogP contribution in [0, 0.1) is 6.92 Å². The minimum absolute atomic E-state index is 0.570. The van der Waals surface area contributed by atoms with E-state index in [0.717, 1.165) is 23.9 Å². The monoisotopic (exact) mass is 209 g/mol. The lowest BCUT2D eigenvalue weighted by Crippen LogP contribution is -2.08. The number of hydrogen-bond acceptors (Lipinski definition) is 5. The summed E-state index contributed by atoms with van der Waals surface area (Å²) in [7, 11) is 0. The normalized spacial score (nSPS) is 22.2. The van der Waals surface area contributed by atoms with Crippen molar-refractivity contribution in [3.05, 3.63) is 10.8 Å². The third-order valence-corrected chi connectivity index (χ3v) is 3.63. The molecule has 0 saturated carbocycles. The first-order chi connectivity index (χ1) is 6.84. The lowest BCUT2D eigenvalue weighted by molar-refractivity contribution is 0.723. The molecule has 3 heterocycles. The van der Waals surface area contributed by atoms with E-state index in [2.05, 4.69) is 20.6 Å². The Hall–Kier alpha value is -1.01. The molecule has 1 saturated heterocycles. The molecule has 2 aromatic rings. The van der Waals surface area contributed by atoms with E-state index in [1.54, 1.807) is 11.3 Å². The third kappa shape index (κ3) is 1.14. The lowest BCUT2D eigenvalue weighted by Gasteiger charge is -2.00. The van der Waals surface area contributed by atoms with E-state index in [1.165, 1.54) is 11.4 Å². The molecule has 0 aromatic carbocycles. The van der Waals surface area contributed by atoms with Gasteiger partial charge in [-0.15, -0.1) is 10.2 Å². The predicted octanol–water partition coefficient (Wildman–Crippen LogP) is 0.571. The highest BCUT2D eigenvalue weighted by molar-refractivity contribution is 7.16. The van der Waals surface area contributed by atoms with Crippen LogP contribution in [0.15, 0.2) is 0 Å². The molecule has 74 valence electrons.